The predicted molar refractivity (Wildman–Crippen MR) is 95.5 cm³/mol. The minimum atomic E-state index is -0.829. The van der Waals surface area contributed by atoms with Gasteiger partial charge < -0.3 is 14.5 Å². The summed E-state index contributed by atoms with van der Waals surface area (Å²) >= 11 is 0. The number of esters is 1. The van der Waals surface area contributed by atoms with Crippen LogP contribution in [0.4, 0.5) is 5.69 Å². The summed E-state index contributed by atoms with van der Waals surface area (Å²) in [4.78, 5) is 41.3. The van der Waals surface area contributed by atoms with Crippen LogP contribution in [0.2, 0.25) is 0 Å². The number of benzene rings is 2. The number of nitro groups is 1. The Labute approximate surface area is 152 Å². The maximum Gasteiger partial charge on any atom is 0.344 e. The van der Waals surface area contributed by atoms with E-state index in [9.17, 15) is 19.7 Å². The highest BCUT2D eigenvalue weighted by Crippen LogP contribution is 2.25. The number of para-hydroxylation sites is 3. The number of H-pyrrole nitrogens is 1. The quantitative estimate of drug-likeness (QED) is 0.402. The molecule has 1 aromatic heterocycles. The fourth-order valence-electron chi connectivity index (χ4n) is 2.45. The highest BCUT2D eigenvalue weighted by atomic mass is 16.6. The van der Waals surface area contributed by atoms with Crippen LogP contribution in [0.3, 0.4) is 0 Å². The van der Waals surface area contributed by atoms with Gasteiger partial charge in [0, 0.05) is 6.07 Å². The number of aromatic amines is 1. The van der Waals surface area contributed by atoms with Gasteiger partial charge in [-0.1, -0.05) is 24.3 Å². The zero-order valence-electron chi connectivity index (χ0n) is 14.2. The van der Waals surface area contributed by atoms with Gasteiger partial charge in [-0.25, -0.2) is 9.78 Å². The summed E-state index contributed by atoms with van der Waals surface area (Å²) in [5.41, 5.74) is -0.108. The van der Waals surface area contributed by atoms with Crippen LogP contribution in [0.5, 0.6) is 5.75 Å². The molecule has 0 radical (unpaired) electrons. The van der Waals surface area contributed by atoms with Crippen LogP contribution >= 0.6 is 0 Å². The fourth-order valence-corrected chi connectivity index (χ4v) is 2.45. The molecule has 0 saturated carbocycles. The number of aromatic nitrogens is 2. The zero-order valence-corrected chi connectivity index (χ0v) is 14.2. The van der Waals surface area contributed by atoms with E-state index in [-0.39, 0.29) is 22.8 Å². The van der Waals surface area contributed by atoms with Gasteiger partial charge in [0.15, 0.2) is 24.3 Å². The van der Waals surface area contributed by atoms with Crippen molar-refractivity contribution in [3.05, 3.63) is 74.8 Å². The Bertz CT molecular complexity index is 1060. The van der Waals surface area contributed by atoms with E-state index in [1.807, 2.05) is 0 Å². The Balaban J connectivity index is 1.68. The number of hydrogen-bond donors (Lipinski definition) is 1. The molecular weight excluding hydrogens is 354 g/mol. The van der Waals surface area contributed by atoms with E-state index in [1.54, 1.807) is 37.3 Å². The molecule has 1 heterocycles. The van der Waals surface area contributed by atoms with Crippen molar-refractivity contribution in [3.63, 3.8) is 0 Å². The summed E-state index contributed by atoms with van der Waals surface area (Å²) in [5.74, 6) is -0.599. The van der Waals surface area contributed by atoms with Gasteiger partial charge in [-0.3, -0.25) is 14.9 Å². The molecule has 9 nitrogen and oxygen atoms in total. The average Bonchev–Trinajstić information content (AvgIpc) is 2.66. The molecule has 0 bridgehead atoms. The van der Waals surface area contributed by atoms with Crippen molar-refractivity contribution >= 4 is 22.6 Å². The number of carbonyl (C=O) groups is 1. The number of nitrogens with zero attached hydrogens (tertiary/aromatic N) is 2. The lowest BCUT2D eigenvalue weighted by atomic mass is 10.2. The second kappa shape index (κ2) is 7.65. The summed E-state index contributed by atoms with van der Waals surface area (Å²) in [6.45, 7) is 1.03. The molecular formula is C18H15N3O6. The Morgan fingerprint density at radius 2 is 1.93 bits per heavy atom. The third-order valence-electron chi connectivity index (χ3n) is 3.73. The van der Waals surface area contributed by atoms with Gasteiger partial charge >= 0.3 is 11.7 Å². The highest BCUT2D eigenvalue weighted by Gasteiger charge is 2.18. The van der Waals surface area contributed by atoms with Crippen molar-refractivity contribution in [3.8, 4) is 5.75 Å². The first kappa shape index (κ1) is 18.1. The first-order valence-corrected chi connectivity index (χ1v) is 8.00. The lowest BCUT2D eigenvalue weighted by molar-refractivity contribution is -0.385. The smallest absolute Gasteiger partial charge is 0.344 e. The summed E-state index contributed by atoms with van der Waals surface area (Å²) in [5, 5.41) is 11.4. The molecule has 3 aromatic rings. The van der Waals surface area contributed by atoms with Gasteiger partial charge in [0.2, 0.25) is 0 Å². The van der Waals surface area contributed by atoms with Crippen LogP contribution in [0.25, 0.3) is 10.9 Å². The number of rotatable bonds is 6. The van der Waals surface area contributed by atoms with Gasteiger partial charge in [0.25, 0.3) is 5.56 Å². The normalized spacial score (nSPS) is 11.7. The Hall–Kier alpha value is -3.75. The molecule has 2 aromatic carbocycles. The van der Waals surface area contributed by atoms with Crippen LogP contribution in [-0.2, 0) is 9.53 Å². The SMILES string of the molecule is C[C@@H](OC(=O)COc1ccccc1[N+](=O)[O-])c1nc2ccccc2c(=O)[nH]1. The highest BCUT2D eigenvalue weighted by molar-refractivity contribution is 5.77. The van der Waals surface area contributed by atoms with E-state index in [0.29, 0.717) is 10.9 Å². The first-order valence-electron chi connectivity index (χ1n) is 8.00. The molecule has 138 valence electrons. The molecule has 27 heavy (non-hydrogen) atoms. The van der Waals surface area contributed by atoms with Crippen LogP contribution in [0.1, 0.15) is 18.9 Å². The van der Waals surface area contributed by atoms with E-state index >= 15 is 0 Å². The minimum absolute atomic E-state index is 0.0376. The van der Waals surface area contributed by atoms with Crippen LogP contribution in [0, 0.1) is 10.1 Å². The predicted octanol–water partition coefficient (Wildman–Crippen LogP) is 2.51. The summed E-state index contributed by atoms with van der Waals surface area (Å²) < 4.78 is 10.4. The Morgan fingerprint density at radius 3 is 2.70 bits per heavy atom. The first-order chi connectivity index (χ1) is 13.0. The van der Waals surface area contributed by atoms with Crippen molar-refractivity contribution in [1.82, 2.24) is 9.97 Å². The number of carbonyl (C=O) groups excluding carboxylic acids is 1. The number of nitro benzene ring substituents is 1. The van der Waals surface area contributed by atoms with E-state index in [0.717, 1.165) is 0 Å². The number of hydrogen-bond acceptors (Lipinski definition) is 7. The van der Waals surface area contributed by atoms with Crippen molar-refractivity contribution in [1.29, 1.82) is 0 Å². The summed E-state index contributed by atoms with van der Waals surface area (Å²) in [6.07, 6.45) is -0.829. The molecule has 0 amide bonds. The van der Waals surface area contributed by atoms with Gasteiger partial charge in [-0.05, 0) is 25.1 Å². The standard InChI is InChI=1S/C18H15N3O6/c1-11(17-19-13-7-3-2-6-12(13)18(23)20-17)27-16(22)10-26-15-9-5-4-8-14(15)21(24)25/h2-9,11H,10H2,1H3,(H,19,20,23)/t11-/m1/s1. The Morgan fingerprint density at radius 1 is 1.22 bits per heavy atom. The monoisotopic (exact) mass is 369 g/mol. The van der Waals surface area contributed by atoms with Crippen molar-refractivity contribution in [2.24, 2.45) is 0 Å². The minimum Gasteiger partial charge on any atom is -0.475 e. The fraction of sp³-hybridized carbons (Fsp3) is 0.167. The van der Waals surface area contributed by atoms with Gasteiger partial charge in [0.05, 0.1) is 15.8 Å². The van der Waals surface area contributed by atoms with E-state index in [1.165, 1.54) is 18.2 Å². The molecule has 0 aliphatic rings. The largest absolute Gasteiger partial charge is 0.475 e. The molecule has 0 fully saturated rings. The third kappa shape index (κ3) is 4.09. The van der Waals surface area contributed by atoms with Gasteiger partial charge in [-0.2, -0.15) is 0 Å². The zero-order chi connectivity index (χ0) is 19.4. The topological polar surface area (TPSA) is 124 Å². The second-order valence-corrected chi connectivity index (χ2v) is 5.61. The molecule has 0 aliphatic carbocycles. The van der Waals surface area contributed by atoms with E-state index in [2.05, 4.69) is 9.97 Å². The molecule has 3 rings (SSSR count). The Kier molecular flexibility index (Phi) is 5.11. The molecule has 9 heteroatoms. The maximum atomic E-state index is 12.1. The molecule has 0 unspecified atom stereocenters. The molecule has 1 N–H and O–H groups in total. The van der Waals surface area contributed by atoms with E-state index in [4.69, 9.17) is 9.47 Å². The second-order valence-electron chi connectivity index (χ2n) is 5.61. The average molecular weight is 369 g/mol. The summed E-state index contributed by atoms with van der Waals surface area (Å²) in [7, 11) is 0. The summed E-state index contributed by atoms with van der Waals surface area (Å²) in [6, 6.07) is 12.5. The molecule has 0 spiro atoms. The van der Waals surface area contributed by atoms with Crippen molar-refractivity contribution in [2.45, 2.75) is 13.0 Å². The molecule has 1 atom stereocenters. The molecule has 0 saturated heterocycles. The van der Waals surface area contributed by atoms with Crippen LogP contribution < -0.4 is 10.3 Å². The van der Waals surface area contributed by atoms with Crippen molar-refractivity contribution in [2.75, 3.05) is 6.61 Å². The van der Waals surface area contributed by atoms with Crippen molar-refractivity contribution < 1.29 is 19.2 Å². The van der Waals surface area contributed by atoms with Gasteiger partial charge in [-0.15, -0.1) is 0 Å². The number of ether oxygens (including phenoxy) is 2. The molecule has 0 aliphatic heterocycles. The number of nitrogens with one attached hydrogen (secondary N) is 1. The van der Waals surface area contributed by atoms with Gasteiger partial charge in [0.1, 0.15) is 0 Å². The van der Waals surface area contributed by atoms with Crippen LogP contribution in [0.15, 0.2) is 53.3 Å². The number of fused-ring (bicyclic) bond motifs is 1. The lowest BCUT2D eigenvalue weighted by Crippen LogP contribution is -2.20. The maximum absolute atomic E-state index is 12.1. The lowest BCUT2D eigenvalue weighted by Gasteiger charge is -2.13. The third-order valence-corrected chi connectivity index (χ3v) is 3.73. The van der Waals surface area contributed by atoms with Crippen LogP contribution in [-0.4, -0.2) is 27.5 Å². The van der Waals surface area contributed by atoms with E-state index < -0.39 is 23.6 Å².